The molecule has 0 saturated carbocycles. The smallest absolute Gasteiger partial charge is 0.118 e. The standard InChI is InChI=1S/C21H20O2/c1-13-10-18-19(11-14(13)2)21-16(12-20(18)23-21)7-4-15-5-8-17(22-3)9-6-15/h5-6,8-11,16,20-21H,12H2,1-3H3/t16?,20-,21+/m1/s1. The molecule has 4 rings (SSSR count). The molecule has 2 nitrogen and oxygen atoms in total. The van der Waals surface area contributed by atoms with Gasteiger partial charge in [0, 0.05) is 5.56 Å². The quantitative estimate of drug-likeness (QED) is 0.722. The fraction of sp³-hybridized carbons (Fsp3) is 0.333. The van der Waals surface area contributed by atoms with Crippen LogP contribution in [0.1, 0.15) is 46.4 Å². The van der Waals surface area contributed by atoms with Crippen molar-refractivity contribution in [3.63, 3.8) is 0 Å². The molecule has 1 unspecified atom stereocenters. The Hall–Kier alpha value is -2.24. The van der Waals surface area contributed by atoms with Gasteiger partial charge >= 0.3 is 0 Å². The Morgan fingerprint density at radius 1 is 1.04 bits per heavy atom. The van der Waals surface area contributed by atoms with E-state index < -0.39 is 0 Å². The molecule has 2 aromatic rings. The molecule has 2 bridgehead atoms. The van der Waals surface area contributed by atoms with Crippen molar-refractivity contribution in [3.05, 3.63) is 64.2 Å². The molecule has 0 amide bonds. The zero-order valence-electron chi connectivity index (χ0n) is 13.7. The van der Waals surface area contributed by atoms with Crippen LogP contribution in [0.4, 0.5) is 0 Å². The van der Waals surface area contributed by atoms with Gasteiger partial charge in [0.1, 0.15) is 5.75 Å². The molecule has 1 fully saturated rings. The van der Waals surface area contributed by atoms with E-state index >= 15 is 0 Å². The van der Waals surface area contributed by atoms with E-state index in [2.05, 4.69) is 37.8 Å². The van der Waals surface area contributed by atoms with Crippen LogP contribution in [0.2, 0.25) is 0 Å². The molecule has 2 heterocycles. The first-order chi connectivity index (χ1) is 11.2. The van der Waals surface area contributed by atoms with Gasteiger partial charge in [-0.05, 0) is 66.8 Å². The van der Waals surface area contributed by atoms with E-state index in [0.717, 1.165) is 17.7 Å². The minimum absolute atomic E-state index is 0.139. The van der Waals surface area contributed by atoms with E-state index in [1.54, 1.807) is 7.11 Å². The van der Waals surface area contributed by atoms with Gasteiger partial charge in [-0.15, -0.1) is 0 Å². The van der Waals surface area contributed by atoms with E-state index in [9.17, 15) is 0 Å². The fourth-order valence-electron chi connectivity index (χ4n) is 3.54. The van der Waals surface area contributed by atoms with Crippen LogP contribution in [-0.4, -0.2) is 7.11 Å². The number of benzene rings is 2. The Bertz CT molecular complexity index is 808. The number of hydrogen-bond donors (Lipinski definition) is 0. The summed E-state index contributed by atoms with van der Waals surface area (Å²) in [5.74, 6) is 7.87. The average Bonchev–Trinajstić information content (AvgIpc) is 3.13. The van der Waals surface area contributed by atoms with Crippen molar-refractivity contribution in [2.75, 3.05) is 7.11 Å². The first kappa shape index (κ1) is 14.4. The van der Waals surface area contributed by atoms with Crippen molar-refractivity contribution in [3.8, 4) is 17.6 Å². The maximum Gasteiger partial charge on any atom is 0.118 e. The number of methoxy groups -OCH3 is 1. The lowest BCUT2D eigenvalue weighted by molar-refractivity contribution is 0.0656. The van der Waals surface area contributed by atoms with E-state index in [1.165, 1.54) is 22.3 Å². The number of hydrogen-bond acceptors (Lipinski definition) is 2. The molecule has 0 aromatic heterocycles. The van der Waals surface area contributed by atoms with Crippen LogP contribution in [0.3, 0.4) is 0 Å². The van der Waals surface area contributed by atoms with E-state index in [1.807, 2.05) is 24.3 Å². The van der Waals surface area contributed by atoms with Crippen LogP contribution >= 0.6 is 0 Å². The summed E-state index contributed by atoms with van der Waals surface area (Å²) in [6.45, 7) is 4.34. The van der Waals surface area contributed by atoms with Gasteiger partial charge in [0.15, 0.2) is 0 Å². The van der Waals surface area contributed by atoms with Crippen LogP contribution in [0.5, 0.6) is 5.75 Å². The van der Waals surface area contributed by atoms with Gasteiger partial charge in [-0.2, -0.15) is 0 Å². The zero-order chi connectivity index (χ0) is 16.0. The molecule has 2 aliphatic heterocycles. The van der Waals surface area contributed by atoms with Crippen molar-refractivity contribution in [2.24, 2.45) is 5.92 Å². The number of ether oxygens (including phenoxy) is 2. The molecule has 116 valence electrons. The van der Waals surface area contributed by atoms with Crippen LogP contribution in [-0.2, 0) is 4.74 Å². The lowest BCUT2D eigenvalue weighted by Crippen LogP contribution is -2.09. The topological polar surface area (TPSA) is 18.5 Å². The van der Waals surface area contributed by atoms with Crippen molar-refractivity contribution < 1.29 is 9.47 Å². The zero-order valence-corrected chi connectivity index (χ0v) is 13.7. The van der Waals surface area contributed by atoms with Crippen LogP contribution in [0.15, 0.2) is 36.4 Å². The molecule has 0 radical (unpaired) electrons. The predicted molar refractivity (Wildman–Crippen MR) is 90.5 cm³/mol. The fourth-order valence-corrected chi connectivity index (χ4v) is 3.54. The van der Waals surface area contributed by atoms with Crippen molar-refractivity contribution in [2.45, 2.75) is 32.5 Å². The Morgan fingerprint density at radius 3 is 2.43 bits per heavy atom. The van der Waals surface area contributed by atoms with E-state index in [4.69, 9.17) is 9.47 Å². The summed E-state index contributed by atoms with van der Waals surface area (Å²) in [5.41, 5.74) is 6.43. The van der Waals surface area contributed by atoms with Gasteiger partial charge in [-0.25, -0.2) is 0 Å². The van der Waals surface area contributed by atoms with Gasteiger partial charge < -0.3 is 9.47 Å². The highest BCUT2D eigenvalue weighted by molar-refractivity contribution is 5.46. The van der Waals surface area contributed by atoms with Gasteiger partial charge in [-0.3, -0.25) is 0 Å². The summed E-state index contributed by atoms with van der Waals surface area (Å²) in [5, 5.41) is 0. The number of aryl methyl sites for hydroxylation is 2. The molecule has 2 heteroatoms. The highest BCUT2D eigenvalue weighted by Gasteiger charge is 2.44. The number of fused-ring (bicyclic) bond motifs is 5. The second-order valence-corrected chi connectivity index (χ2v) is 6.45. The lowest BCUT2D eigenvalue weighted by atomic mass is 9.82. The van der Waals surface area contributed by atoms with Crippen LogP contribution < -0.4 is 4.74 Å². The summed E-state index contributed by atoms with van der Waals surface area (Å²) < 4.78 is 11.3. The van der Waals surface area contributed by atoms with Gasteiger partial charge in [-0.1, -0.05) is 24.0 Å². The SMILES string of the molecule is COc1ccc(C#CC2C[C@H]3O[C@@H]2c2cc(C)c(C)cc23)cc1. The van der Waals surface area contributed by atoms with Crippen molar-refractivity contribution >= 4 is 0 Å². The first-order valence-electron chi connectivity index (χ1n) is 8.08. The lowest BCUT2D eigenvalue weighted by Gasteiger charge is -2.18. The third kappa shape index (κ3) is 2.42. The molecule has 0 N–H and O–H groups in total. The molecule has 1 saturated heterocycles. The summed E-state index contributed by atoms with van der Waals surface area (Å²) in [4.78, 5) is 0. The largest absolute Gasteiger partial charge is 0.497 e. The molecule has 3 atom stereocenters. The monoisotopic (exact) mass is 304 g/mol. The van der Waals surface area contributed by atoms with Gasteiger partial charge in [0.2, 0.25) is 0 Å². The maximum absolute atomic E-state index is 6.17. The molecular formula is C21H20O2. The Labute approximate surface area is 137 Å². The van der Waals surface area contributed by atoms with Crippen molar-refractivity contribution in [1.29, 1.82) is 0 Å². The first-order valence-corrected chi connectivity index (χ1v) is 8.08. The Kier molecular flexibility index (Phi) is 3.39. The second-order valence-electron chi connectivity index (χ2n) is 6.45. The Balaban J connectivity index is 1.59. The highest BCUT2D eigenvalue weighted by atomic mass is 16.5. The maximum atomic E-state index is 6.17. The van der Waals surface area contributed by atoms with Gasteiger partial charge in [0.25, 0.3) is 0 Å². The van der Waals surface area contributed by atoms with E-state index in [0.29, 0.717) is 0 Å². The minimum atomic E-state index is 0.139. The molecular weight excluding hydrogens is 284 g/mol. The Morgan fingerprint density at radius 2 is 1.74 bits per heavy atom. The van der Waals surface area contributed by atoms with Crippen LogP contribution in [0.25, 0.3) is 0 Å². The summed E-state index contributed by atoms with van der Waals surface area (Å²) in [7, 11) is 1.68. The third-order valence-electron chi connectivity index (χ3n) is 4.99. The van der Waals surface area contributed by atoms with Crippen LogP contribution in [0, 0.1) is 31.6 Å². The molecule has 0 spiro atoms. The highest BCUT2D eigenvalue weighted by Crippen LogP contribution is 2.54. The van der Waals surface area contributed by atoms with Crippen molar-refractivity contribution in [1.82, 2.24) is 0 Å². The summed E-state index contributed by atoms with van der Waals surface area (Å²) in [6, 6.07) is 12.5. The second kappa shape index (κ2) is 5.44. The third-order valence-corrected chi connectivity index (χ3v) is 4.99. The predicted octanol–water partition coefficient (Wildman–Crippen LogP) is 4.50. The molecule has 23 heavy (non-hydrogen) atoms. The minimum Gasteiger partial charge on any atom is -0.497 e. The van der Waals surface area contributed by atoms with Gasteiger partial charge in [0.05, 0.1) is 25.2 Å². The molecule has 0 aliphatic carbocycles. The number of rotatable bonds is 1. The molecule has 2 aromatic carbocycles. The summed E-state index contributed by atoms with van der Waals surface area (Å²) >= 11 is 0. The average molecular weight is 304 g/mol. The molecule has 2 aliphatic rings. The summed E-state index contributed by atoms with van der Waals surface area (Å²) in [6.07, 6.45) is 1.37. The van der Waals surface area contributed by atoms with E-state index in [-0.39, 0.29) is 18.1 Å². The normalized spacial score (nSPS) is 24.0.